The van der Waals surface area contributed by atoms with Crippen molar-refractivity contribution >= 4 is 23.5 Å². The van der Waals surface area contributed by atoms with Crippen LogP contribution in [0.25, 0.3) is 0 Å². The van der Waals surface area contributed by atoms with Gasteiger partial charge in [-0.1, -0.05) is 0 Å². The quantitative estimate of drug-likeness (QED) is 0.849. The second-order valence-electron chi connectivity index (χ2n) is 4.23. The van der Waals surface area contributed by atoms with Crippen molar-refractivity contribution in [1.29, 1.82) is 0 Å². The molecule has 1 fully saturated rings. The summed E-state index contributed by atoms with van der Waals surface area (Å²) in [6, 6.07) is 0. The normalized spacial score (nSPS) is 18.9. The first-order valence-corrected chi connectivity index (χ1v) is 6.94. The number of anilines is 2. The maximum absolute atomic E-state index is 4.70. The summed E-state index contributed by atoms with van der Waals surface area (Å²) in [5, 5.41) is 3.20. The molecule has 0 aromatic carbocycles. The van der Waals surface area contributed by atoms with E-state index in [9.17, 15) is 0 Å². The first-order valence-electron chi connectivity index (χ1n) is 5.78. The van der Waals surface area contributed by atoms with Gasteiger partial charge in [-0.3, -0.25) is 0 Å². The minimum absolute atomic E-state index is 0.920. The molecule has 16 heavy (non-hydrogen) atoms. The smallest absolute Gasteiger partial charge is 0.227 e. The summed E-state index contributed by atoms with van der Waals surface area (Å²) < 4.78 is 0. The molecule has 1 saturated heterocycles. The molecule has 2 aliphatic rings. The largest absolute Gasteiger partial charge is 0.373 e. The second-order valence-corrected chi connectivity index (χ2v) is 5.22. The number of nitrogens with one attached hydrogen (secondary N) is 1. The lowest BCUT2D eigenvalue weighted by molar-refractivity contribution is 0.884. The molecule has 5 heteroatoms. The van der Waals surface area contributed by atoms with Crippen LogP contribution in [0.4, 0.5) is 11.8 Å². The molecule has 2 aliphatic heterocycles. The maximum atomic E-state index is 4.70. The molecule has 0 saturated carbocycles. The summed E-state index contributed by atoms with van der Waals surface area (Å²) in [5.74, 6) is 4.03. The fourth-order valence-electron chi connectivity index (χ4n) is 2.30. The summed E-state index contributed by atoms with van der Waals surface area (Å²) in [6.45, 7) is 2.21. The summed E-state index contributed by atoms with van der Waals surface area (Å²) in [7, 11) is 1.94. The van der Waals surface area contributed by atoms with Crippen molar-refractivity contribution in [2.24, 2.45) is 0 Å². The van der Waals surface area contributed by atoms with Crippen LogP contribution in [-0.4, -0.2) is 30.1 Å². The third-order valence-electron chi connectivity index (χ3n) is 3.19. The zero-order valence-corrected chi connectivity index (χ0v) is 10.3. The van der Waals surface area contributed by atoms with E-state index < -0.39 is 0 Å². The molecule has 0 aliphatic carbocycles. The van der Waals surface area contributed by atoms with Crippen molar-refractivity contribution in [2.45, 2.75) is 24.3 Å². The Bertz CT molecular complexity index is 401. The van der Waals surface area contributed by atoms with Crippen LogP contribution in [0.5, 0.6) is 0 Å². The molecule has 0 bridgehead atoms. The Morgan fingerprint density at radius 1 is 1.19 bits per heavy atom. The molecule has 0 radical (unpaired) electrons. The number of nitrogens with zero attached hydrogens (tertiary/aromatic N) is 3. The van der Waals surface area contributed by atoms with Gasteiger partial charge in [0.05, 0.1) is 5.69 Å². The standard InChI is InChI=1S/C11H16N4S/c1-12-10-8-6-16-7-9(8)13-11(14-10)15-4-2-3-5-15/h2-7H2,1H3,(H,12,13,14). The van der Waals surface area contributed by atoms with Crippen molar-refractivity contribution in [3.63, 3.8) is 0 Å². The van der Waals surface area contributed by atoms with Crippen LogP contribution in [0.2, 0.25) is 0 Å². The molecule has 0 unspecified atom stereocenters. The molecule has 0 amide bonds. The lowest BCUT2D eigenvalue weighted by atomic mass is 10.2. The summed E-state index contributed by atoms with van der Waals surface area (Å²) in [4.78, 5) is 11.6. The van der Waals surface area contributed by atoms with Crippen LogP contribution < -0.4 is 10.2 Å². The van der Waals surface area contributed by atoms with E-state index in [1.807, 2.05) is 18.8 Å². The van der Waals surface area contributed by atoms with Crippen LogP contribution in [0, 0.1) is 0 Å². The SMILES string of the molecule is CNc1nc(N2CCCC2)nc2c1CSC2. The van der Waals surface area contributed by atoms with Gasteiger partial charge < -0.3 is 10.2 Å². The highest BCUT2D eigenvalue weighted by Gasteiger charge is 2.22. The van der Waals surface area contributed by atoms with Crippen LogP contribution in [0.15, 0.2) is 0 Å². The van der Waals surface area contributed by atoms with Crippen LogP contribution in [-0.2, 0) is 11.5 Å². The molecular formula is C11H16N4S. The number of rotatable bonds is 2. The van der Waals surface area contributed by atoms with Crippen LogP contribution >= 0.6 is 11.8 Å². The highest BCUT2D eigenvalue weighted by atomic mass is 32.2. The van der Waals surface area contributed by atoms with Gasteiger partial charge in [-0.05, 0) is 12.8 Å². The molecule has 3 heterocycles. The Hall–Kier alpha value is -0.970. The van der Waals surface area contributed by atoms with Crippen molar-refractivity contribution in [3.8, 4) is 0 Å². The Morgan fingerprint density at radius 2 is 2.00 bits per heavy atom. The number of hydrogen-bond donors (Lipinski definition) is 1. The van der Waals surface area contributed by atoms with Crippen molar-refractivity contribution in [3.05, 3.63) is 11.3 Å². The van der Waals surface area contributed by atoms with E-state index in [0.717, 1.165) is 36.4 Å². The fraction of sp³-hybridized carbons (Fsp3) is 0.636. The van der Waals surface area contributed by atoms with E-state index in [-0.39, 0.29) is 0 Å². The average Bonchev–Trinajstić information content (AvgIpc) is 2.97. The van der Waals surface area contributed by atoms with E-state index in [1.165, 1.54) is 24.1 Å². The third-order valence-corrected chi connectivity index (χ3v) is 4.16. The van der Waals surface area contributed by atoms with Crippen LogP contribution in [0.3, 0.4) is 0 Å². The number of fused-ring (bicyclic) bond motifs is 1. The Kier molecular flexibility index (Phi) is 2.63. The zero-order valence-electron chi connectivity index (χ0n) is 9.49. The average molecular weight is 236 g/mol. The zero-order chi connectivity index (χ0) is 11.0. The Balaban J connectivity index is 2.00. The van der Waals surface area contributed by atoms with Gasteiger partial charge in [0.1, 0.15) is 5.82 Å². The first kappa shape index (κ1) is 10.2. The van der Waals surface area contributed by atoms with Gasteiger partial charge in [-0.15, -0.1) is 0 Å². The van der Waals surface area contributed by atoms with E-state index in [0.29, 0.717) is 0 Å². The first-order chi connectivity index (χ1) is 7.88. The highest BCUT2D eigenvalue weighted by Crippen LogP contribution is 2.34. The molecule has 0 spiro atoms. The van der Waals surface area contributed by atoms with E-state index >= 15 is 0 Å². The highest BCUT2D eigenvalue weighted by molar-refractivity contribution is 7.98. The molecular weight excluding hydrogens is 220 g/mol. The minimum atomic E-state index is 0.920. The predicted molar refractivity (Wildman–Crippen MR) is 68.0 cm³/mol. The van der Waals surface area contributed by atoms with Gasteiger partial charge in [-0.2, -0.15) is 16.7 Å². The van der Waals surface area contributed by atoms with Gasteiger partial charge in [0.2, 0.25) is 5.95 Å². The number of aromatic nitrogens is 2. The number of hydrogen-bond acceptors (Lipinski definition) is 5. The molecule has 0 atom stereocenters. The van der Waals surface area contributed by atoms with Gasteiger partial charge >= 0.3 is 0 Å². The molecule has 4 nitrogen and oxygen atoms in total. The van der Waals surface area contributed by atoms with Crippen molar-refractivity contribution in [2.75, 3.05) is 30.4 Å². The molecule has 1 aromatic rings. The molecule has 86 valence electrons. The lowest BCUT2D eigenvalue weighted by Gasteiger charge is -2.17. The van der Waals surface area contributed by atoms with Gasteiger partial charge in [0.25, 0.3) is 0 Å². The topological polar surface area (TPSA) is 41.1 Å². The Morgan fingerprint density at radius 3 is 2.75 bits per heavy atom. The number of thioether (sulfide) groups is 1. The van der Waals surface area contributed by atoms with Gasteiger partial charge in [-0.25, -0.2) is 4.98 Å². The summed E-state index contributed by atoms with van der Waals surface area (Å²) in [6.07, 6.45) is 2.54. The van der Waals surface area contributed by atoms with Crippen molar-refractivity contribution in [1.82, 2.24) is 9.97 Å². The molecule has 1 aromatic heterocycles. The van der Waals surface area contributed by atoms with Crippen LogP contribution in [0.1, 0.15) is 24.1 Å². The maximum Gasteiger partial charge on any atom is 0.227 e. The minimum Gasteiger partial charge on any atom is -0.373 e. The third kappa shape index (κ3) is 1.63. The summed E-state index contributed by atoms with van der Waals surface area (Å²) in [5.41, 5.74) is 2.53. The van der Waals surface area contributed by atoms with E-state index in [1.54, 1.807) is 0 Å². The van der Waals surface area contributed by atoms with Gasteiger partial charge in [0.15, 0.2) is 0 Å². The summed E-state index contributed by atoms with van der Waals surface area (Å²) >= 11 is 1.92. The van der Waals surface area contributed by atoms with E-state index in [2.05, 4.69) is 15.2 Å². The van der Waals surface area contributed by atoms with Gasteiger partial charge in [0, 0.05) is 37.2 Å². The monoisotopic (exact) mass is 236 g/mol. The second kappa shape index (κ2) is 4.13. The molecule has 1 N–H and O–H groups in total. The molecule has 3 rings (SSSR count). The van der Waals surface area contributed by atoms with Crippen molar-refractivity contribution < 1.29 is 0 Å². The van der Waals surface area contributed by atoms with E-state index in [4.69, 9.17) is 4.98 Å². The Labute approximate surface area is 99.8 Å². The lowest BCUT2D eigenvalue weighted by Crippen LogP contribution is -2.21. The fourth-order valence-corrected chi connectivity index (χ4v) is 3.35. The predicted octanol–water partition coefficient (Wildman–Crippen LogP) is 1.87.